The molecule has 2 aliphatic rings. The molecule has 0 amide bonds. The predicted octanol–water partition coefficient (Wildman–Crippen LogP) is 4.32. The fourth-order valence-electron chi connectivity index (χ4n) is 3.51. The molecule has 0 atom stereocenters. The summed E-state index contributed by atoms with van der Waals surface area (Å²) in [6.45, 7) is 5.08. The summed E-state index contributed by atoms with van der Waals surface area (Å²) in [5, 5.41) is 4.43. The number of fused-ring (bicyclic) bond motifs is 1. The van der Waals surface area contributed by atoms with Crippen LogP contribution in [0.15, 0.2) is 59.4 Å². The largest absolute Gasteiger partial charge is 0.493 e. The zero-order valence-corrected chi connectivity index (χ0v) is 16.1. The van der Waals surface area contributed by atoms with Crippen LogP contribution in [0.1, 0.15) is 16.7 Å². The summed E-state index contributed by atoms with van der Waals surface area (Å²) in [5.74, 6) is 2.36. The Morgan fingerprint density at radius 2 is 1.81 bits per heavy atom. The lowest BCUT2D eigenvalue weighted by molar-refractivity contribution is 0.354. The van der Waals surface area contributed by atoms with Crippen molar-refractivity contribution in [3.63, 3.8) is 0 Å². The number of aryl methyl sites for hydroxylation is 1. The Bertz CT molecular complexity index is 976. The molecule has 0 aliphatic carbocycles. The van der Waals surface area contributed by atoms with Crippen LogP contribution in [0.4, 0.5) is 5.69 Å². The molecular formula is C22H23N3O2. The molecule has 0 bridgehead atoms. The summed E-state index contributed by atoms with van der Waals surface area (Å²) >= 11 is 0. The SMILES string of the molecule is COc1ccc(C2=CC=NC3=CCN(c4cccc(C)c4C)N32)cc1OC. The highest BCUT2D eigenvalue weighted by Crippen LogP contribution is 2.39. The lowest BCUT2D eigenvalue weighted by Gasteiger charge is -2.36. The van der Waals surface area contributed by atoms with E-state index >= 15 is 0 Å². The fraction of sp³-hybridized carbons (Fsp3) is 0.227. The van der Waals surface area contributed by atoms with E-state index in [2.05, 4.69) is 53.1 Å². The Labute approximate surface area is 159 Å². The summed E-state index contributed by atoms with van der Waals surface area (Å²) in [6, 6.07) is 12.4. The van der Waals surface area contributed by atoms with Crippen LogP contribution in [0.3, 0.4) is 0 Å². The summed E-state index contributed by atoms with van der Waals surface area (Å²) in [6.07, 6.45) is 6.02. The van der Waals surface area contributed by atoms with Crippen LogP contribution in [0.25, 0.3) is 5.70 Å². The molecular weight excluding hydrogens is 338 g/mol. The van der Waals surface area contributed by atoms with E-state index in [4.69, 9.17) is 9.47 Å². The Balaban J connectivity index is 1.77. The van der Waals surface area contributed by atoms with Gasteiger partial charge in [-0.05, 0) is 61.4 Å². The van der Waals surface area contributed by atoms with Crippen molar-refractivity contribution in [1.29, 1.82) is 0 Å². The maximum absolute atomic E-state index is 5.49. The molecule has 0 aromatic heterocycles. The number of methoxy groups -OCH3 is 2. The molecule has 0 radical (unpaired) electrons. The van der Waals surface area contributed by atoms with Gasteiger partial charge in [-0.15, -0.1) is 0 Å². The number of aliphatic imine (C=N–C) groups is 1. The minimum absolute atomic E-state index is 0.710. The van der Waals surface area contributed by atoms with Crippen LogP contribution in [-0.4, -0.2) is 32.0 Å². The third kappa shape index (κ3) is 2.85. The van der Waals surface area contributed by atoms with Crippen molar-refractivity contribution in [2.75, 3.05) is 25.8 Å². The van der Waals surface area contributed by atoms with Crippen molar-refractivity contribution >= 4 is 17.6 Å². The van der Waals surface area contributed by atoms with Crippen molar-refractivity contribution in [3.05, 3.63) is 71.1 Å². The van der Waals surface area contributed by atoms with E-state index in [1.54, 1.807) is 14.2 Å². The van der Waals surface area contributed by atoms with Crippen LogP contribution in [0, 0.1) is 13.8 Å². The third-order valence-electron chi connectivity index (χ3n) is 5.11. The van der Waals surface area contributed by atoms with Crippen LogP contribution in [-0.2, 0) is 0 Å². The Hall–Kier alpha value is -3.21. The minimum atomic E-state index is 0.710. The van der Waals surface area contributed by atoms with Gasteiger partial charge in [0, 0.05) is 11.8 Å². The summed E-state index contributed by atoms with van der Waals surface area (Å²) in [4.78, 5) is 4.56. The molecule has 0 N–H and O–H groups in total. The molecule has 138 valence electrons. The number of benzene rings is 2. The molecule has 2 heterocycles. The van der Waals surface area contributed by atoms with Crippen LogP contribution >= 0.6 is 0 Å². The van der Waals surface area contributed by atoms with Crippen molar-refractivity contribution in [2.24, 2.45) is 4.99 Å². The zero-order valence-electron chi connectivity index (χ0n) is 16.1. The van der Waals surface area contributed by atoms with E-state index in [0.29, 0.717) is 5.75 Å². The number of anilines is 1. The number of rotatable bonds is 4. The molecule has 0 spiro atoms. The lowest BCUT2D eigenvalue weighted by atomic mass is 10.1. The second-order valence-corrected chi connectivity index (χ2v) is 6.58. The highest BCUT2D eigenvalue weighted by atomic mass is 16.5. The highest BCUT2D eigenvalue weighted by Gasteiger charge is 2.30. The van der Waals surface area contributed by atoms with Crippen molar-refractivity contribution in [3.8, 4) is 11.5 Å². The fourth-order valence-corrected chi connectivity index (χ4v) is 3.51. The van der Waals surface area contributed by atoms with Crippen molar-refractivity contribution in [1.82, 2.24) is 5.01 Å². The van der Waals surface area contributed by atoms with Crippen molar-refractivity contribution in [2.45, 2.75) is 13.8 Å². The van der Waals surface area contributed by atoms with Crippen molar-refractivity contribution < 1.29 is 9.47 Å². The first-order valence-electron chi connectivity index (χ1n) is 8.94. The molecule has 0 saturated carbocycles. The van der Waals surface area contributed by atoms with E-state index < -0.39 is 0 Å². The van der Waals surface area contributed by atoms with E-state index in [0.717, 1.165) is 29.4 Å². The first-order chi connectivity index (χ1) is 13.1. The van der Waals surface area contributed by atoms with Gasteiger partial charge in [0.1, 0.15) is 5.82 Å². The number of hydrazine groups is 1. The Morgan fingerprint density at radius 1 is 1.00 bits per heavy atom. The van der Waals surface area contributed by atoms with E-state index in [9.17, 15) is 0 Å². The molecule has 2 aromatic rings. The second kappa shape index (κ2) is 6.83. The van der Waals surface area contributed by atoms with Gasteiger partial charge in [0.2, 0.25) is 0 Å². The van der Waals surface area contributed by atoms with Crippen LogP contribution < -0.4 is 14.5 Å². The maximum Gasteiger partial charge on any atom is 0.161 e. The lowest BCUT2D eigenvalue weighted by Crippen LogP contribution is -2.37. The standard InChI is InChI=1S/C22H23N3O2/c1-15-6-5-7-18(16(15)2)24-13-11-22-23-12-10-19(25(22)24)17-8-9-20(26-3)21(14-17)27-4/h5-12,14H,13H2,1-4H3. The minimum Gasteiger partial charge on any atom is -0.493 e. The molecule has 2 aliphatic heterocycles. The number of hydrogen-bond donors (Lipinski definition) is 0. The van der Waals surface area contributed by atoms with Crippen LogP contribution in [0.5, 0.6) is 11.5 Å². The molecule has 27 heavy (non-hydrogen) atoms. The van der Waals surface area contributed by atoms with E-state index in [1.807, 2.05) is 30.5 Å². The van der Waals surface area contributed by atoms with Gasteiger partial charge in [0.15, 0.2) is 11.5 Å². The van der Waals surface area contributed by atoms with Crippen LogP contribution in [0.2, 0.25) is 0 Å². The summed E-state index contributed by atoms with van der Waals surface area (Å²) in [5.41, 5.74) is 5.83. The van der Waals surface area contributed by atoms with E-state index in [-0.39, 0.29) is 0 Å². The second-order valence-electron chi connectivity index (χ2n) is 6.58. The molecule has 2 aromatic carbocycles. The average Bonchev–Trinajstić information content (AvgIpc) is 3.13. The average molecular weight is 361 g/mol. The molecule has 5 nitrogen and oxygen atoms in total. The van der Waals surface area contributed by atoms with Gasteiger partial charge in [0.25, 0.3) is 0 Å². The summed E-state index contributed by atoms with van der Waals surface area (Å²) in [7, 11) is 3.30. The van der Waals surface area contributed by atoms with E-state index in [1.165, 1.54) is 16.8 Å². The maximum atomic E-state index is 5.49. The van der Waals surface area contributed by atoms with Gasteiger partial charge in [-0.3, -0.25) is 5.01 Å². The summed E-state index contributed by atoms with van der Waals surface area (Å²) < 4.78 is 10.9. The van der Waals surface area contributed by atoms with Gasteiger partial charge >= 0.3 is 0 Å². The molecule has 0 saturated heterocycles. The molecule has 4 rings (SSSR count). The Morgan fingerprint density at radius 3 is 2.59 bits per heavy atom. The topological polar surface area (TPSA) is 37.3 Å². The molecule has 0 fully saturated rings. The molecule has 5 heteroatoms. The smallest absolute Gasteiger partial charge is 0.161 e. The monoisotopic (exact) mass is 361 g/mol. The van der Waals surface area contributed by atoms with Gasteiger partial charge in [-0.25, -0.2) is 10.0 Å². The number of ether oxygens (including phenoxy) is 2. The quantitative estimate of drug-likeness (QED) is 0.813. The predicted molar refractivity (Wildman–Crippen MR) is 109 cm³/mol. The van der Waals surface area contributed by atoms with Gasteiger partial charge in [-0.2, -0.15) is 0 Å². The highest BCUT2D eigenvalue weighted by molar-refractivity contribution is 5.88. The first kappa shape index (κ1) is 17.2. The normalized spacial score (nSPS) is 15.4. The number of nitrogens with zero attached hydrogens (tertiary/aromatic N) is 3. The number of allylic oxidation sites excluding steroid dienone is 1. The third-order valence-corrected chi connectivity index (χ3v) is 5.11. The molecule has 0 unspecified atom stereocenters. The first-order valence-corrected chi connectivity index (χ1v) is 8.94. The van der Waals surface area contributed by atoms with Gasteiger partial charge in [-0.1, -0.05) is 12.1 Å². The zero-order chi connectivity index (χ0) is 19.0. The number of hydrogen-bond acceptors (Lipinski definition) is 5. The van der Waals surface area contributed by atoms with Gasteiger partial charge in [0.05, 0.1) is 32.1 Å². The Kier molecular flexibility index (Phi) is 4.36. The van der Waals surface area contributed by atoms with Gasteiger partial charge < -0.3 is 9.47 Å².